The largest absolute Gasteiger partial charge is 0.339 e. The Labute approximate surface area is 159 Å². The third-order valence-electron chi connectivity index (χ3n) is 4.68. The summed E-state index contributed by atoms with van der Waals surface area (Å²) in [7, 11) is 1.78. The Kier molecular flexibility index (Phi) is 5.69. The van der Waals surface area contributed by atoms with Crippen molar-refractivity contribution in [3.05, 3.63) is 53.3 Å². The van der Waals surface area contributed by atoms with E-state index >= 15 is 0 Å². The molecular formula is C20H25N5O2. The molecule has 1 aliphatic heterocycles. The maximum atomic E-state index is 12.8. The summed E-state index contributed by atoms with van der Waals surface area (Å²) in [6.45, 7) is 6.58. The van der Waals surface area contributed by atoms with Gasteiger partial charge in [0, 0.05) is 52.4 Å². The van der Waals surface area contributed by atoms with Gasteiger partial charge in [0.05, 0.1) is 0 Å². The Hall–Kier alpha value is -2.96. The first-order valence-electron chi connectivity index (χ1n) is 9.09. The standard InChI is InChI=1S/C20H25N5O2/c1-15-13-18(19(27)23(3)14-17-7-5-4-6-8-17)22-20(21-15)25-11-9-24(10-12-25)16(2)26/h4-8,13H,9-12,14H2,1-3H3. The molecule has 0 saturated carbocycles. The molecule has 142 valence electrons. The second kappa shape index (κ2) is 8.16. The van der Waals surface area contributed by atoms with Crippen molar-refractivity contribution < 1.29 is 9.59 Å². The van der Waals surface area contributed by atoms with E-state index in [1.54, 1.807) is 24.9 Å². The topological polar surface area (TPSA) is 69.6 Å². The molecule has 27 heavy (non-hydrogen) atoms. The molecule has 2 heterocycles. The van der Waals surface area contributed by atoms with Gasteiger partial charge in [-0.1, -0.05) is 30.3 Å². The maximum Gasteiger partial charge on any atom is 0.272 e. The highest BCUT2D eigenvalue weighted by Crippen LogP contribution is 2.15. The fourth-order valence-corrected chi connectivity index (χ4v) is 3.15. The highest BCUT2D eigenvalue weighted by Gasteiger charge is 2.22. The molecule has 7 heteroatoms. The lowest BCUT2D eigenvalue weighted by Crippen LogP contribution is -2.48. The summed E-state index contributed by atoms with van der Waals surface area (Å²) in [4.78, 5) is 38.8. The molecule has 3 rings (SSSR count). The Morgan fingerprint density at radius 1 is 1.07 bits per heavy atom. The molecule has 7 nitrogen and oxygen atoms in total. The molecule has 0 bridgehead atoms. The van der Waals surface area contributed by atoms with Crippen LogP contribution in [0.5, 0.6) is 0 Å². The van der Waals surface area contributed by atoms with Crippen molar-refractivity contribution in [3.63, 3.8) is 0 Å². The zero-order chi connectivity index (χ0) is 19.4. The summed E-state index contributed by atoms with van der Waals surface area (Å²) in [6.07, 6.45) is 0. The molecular weight excluding hydrogens is 342 g/mol. The number of carbonyl (C=O) groups is 2. The van der Waals surface area contributed by atoms with E-state index in [9.17, 15) is 9.59 Å². The summed E-state index contributed by atoms with van der Waals surface area (Å²) in [6, 6.07) is 11.6. The van der Waals surface area contributed by atoms with Crippen molar-refractivity contribution in [2.75, 3.05) is 38.1 Å². The van der Waals surface area contributed by atoms with Crippen LogP contribution in [0.3, 0.4) is 0 Å². The maximum absolute atomic E-state index is 12.8. The minimum atomic E-state index is -0.132. The summed E-state index contributed by atoms with van der Waals surface area (Å²) >= 11 is 0. The van der Waals surface area contributed by atoms with Gasteiger partial charge < -0.3 is 14.7 Å². The van der Waals surface area contributed by atoms with Crippen LogP contribution in [0.4, 0.5) is 5.95 Å². The van der Waals surface area contributed by atoms with Gasteiger partial charge in [-0.05, 0) is 18.6 Å². The highest BCUT2D eigenvalue weighted by molar-refractivity contribution is 5.92. The van der Waals surface area contributed by atoms with Gasteiger partial charge in [-0.2, -0.15) is 0 Å². The fraction of sp³-hybridized carbons (Fsp3) is 0.400. The van der Waals surface area contributed by atoms with Crippen LogP contribution in [0.1, 0.15) is 28.7 Å². The molecule has 1 aromatic heterocycles. The number of nitrogens with zero attached hydrogens (tertiary/aromatic N) is 5. The number of aromatic nitrogens is 2. The van der Waals surface area contributed by atoms with Gasteiger partial charge in [-0.25, -0.2) is 9.97 Å². The average Bonchev–Trinajstić information content (AvgIpc) is 2.67. The van der Waals surface area contributed by atoms with Crippen LogP contribution >= 0.6 is 0 Å². The Balaban J connectivity index is 1.73. The lowest BCUT2D eigenvalue weighted by molar-refractivity contribution is -0.129. The molecule has 1 aromatic carbocycles. The van der Waals surface area contributed by atoms with Gasteiger partial charge in [0.2, 0.25) is 11.9 Å². The van der Waals surface area contributed by atoms with E-state index in [4.69, 9.17) is 0 Å². The lowest BCUT2D eigenvalue weighted by atomic mass is 10.2. The predicted molar refractivity (Wildman–Crippen MR) is 103 cm³/mol. The normalized spacial score (nSPS) is 14.2. The molecule has 2 aromatic rings. The van der Waals surface area contributed by atoms with Crippen LogP contribution in [0.25, 0.3) is 0 Å². The van der Waals surface area contributed by atoms with Crippen LogP contribution in [0.15, 0.2) is 36.4 Å². The molecule has 0 atom stereocenters. The number of rotatable bonds is 4. The number of hydrogen-bond donors (Lipinski definition) is 0. The van der Waals surface area contributed by atoms with Gasteiger partial charge in [0.1, 0.15) is 5.69 Å². The zero-order valence-corrected chi connectivity index (χ0v) is 16.1. The minimum Gasteiger partial charge on any atom is -0.339 e. The zero-order valence-electron chi connectivity index (χ0n) is 16.1. The van der Waals surface area contributed by atoms with Crippen molar-refractivity contribution in [2.24, 2.45) is 0 Å². The van der Waals surface area contributed by atoms with Crippen molar-refractivity contribution >= 4 is 17.8 Å². The highest BCUT2D eigenvalue weighted by atomic mass is 16.2. The minimum absolute atomic E-state index is 0.0817. The monoisotopic (exact) mass is 367 g/mol. The Morgan fingerprint density at radius 3 is 2.37 bits per heavy atom. The molecule has 0 radical (unpaired) electrons. The first kappa shape index (κ1) is 18.8. The van der Waals surface area contributed by atoms with Gasteiger partial charge in [-0.15, -0.1) is 0 Å². The second-order valence-electron chi connectivity index (χ2n) is 6.83. The van der Waals surface area contributed by atoms with Crippen molar-refractivity contribution in [1.82, 2.24) is 19.8 Å². The number of carbonyl (C=O) groups excluding carboxylic acids is 2. The van der Waals surface area contributed by atoms with E-state index in [1.807, 2.05) is 47.1 Å². The first-order chi connectivity index (χ1) is 12.9. The molecule has 1 fully saturated rings. The van der Waals surface area contributed by atoms with Crippen molar-refractivity contribution in [1.29, 1.82) is 0 Å². The van der Waals surface area contributed by atoms with Crippen LogP contribution in [0.2, 0.25) is 0 Å². The summed E-state index contributed by atoms with van der Waals surface area (Å²) in [5.74, 6) is 0.501. The van der Waals surface area contributed by atoms with E-state index < -0.39 is 0 Å². The van der Waals surface area contributed by atoms with Gasteiger partial charge in [0.15, 0.2) is 0 Å². The third-order valence-corrected chi connectivity index (χ3v) is 4.68. The summed E-state index contributed by atoms with van der Waals surface area (Å²) in [5, 5.41) is 0. The van der Waals surface area contributed by atoms with Crippen molar-refractivity contribution in [3.8, 4) is 0 Å². The van der Waals surface area contributed by atoms with Crippen LogP contribution < -0.4 is 4.90 Å². The average molecular weight is 367 g/mol. The van der Waals surface area contributed by atoms with Gasteiger partial charge >= 0.3 is 0 Å². The molecule has 0 aliphatic carbocycles. The van der Waals surface area contributed by atoms with E-state index in [0.29, 0.717) is 44.4 Å². The van der Waals surface area contributed by atoms with Crippen LogP contribution in [-0.4, -0.2) is 64.8 Å². The molecule has 0 N–H and O–H groups in total. The SMILES string of the molecule is CC(=O)N1CCN(c2nc(C)cc(C(=O)N(C)Cc3ccccc3)n2)CC1. The van der Waals surface area contributed by atoms with Crippen LogP contribution in [-0.2, 0) is 11.3 Å². The lowest BCUT2D eigenvalue weighted by Gasteiger charge is -2.34. The second-order valence-corrected chi connectivity index (χ2v) is 6.83. The van der Waals surface area contributed by atoms with Gasteiger partial charge in [0.25, 0.3) is 5.91 Å². The summed E-state index contributed by atoms with van der Waals surface area (Å²) < 4.78 is 0. The Bertz CT molecular complexity index is 816. The van der Waals surface area contributed by atoms with Crippen LogP contribution in [0, 0.1) is 6.92 Å². The quantitative estimate of drug-likeness (QED) is 0.823. The number of anilines is 1. The number of aryl methyl sites for hydroxylation is 1. The molecule has 0 unspecified atom stereocenters. The first-order valence-corrected chi connectivity index (χ1v) is 9.09. The third kappa shape index (κ3) is 4.61. The summed E-state index contributed by atoms with van der Waals surface area (Å²) in [5.41, 5.74) is 2.22. The number of hydrogen-bond acceptors (Lipinski definition) is 5. The smallest absolute Gasteiger partial charge is 0.272 e. The number of benzene rings is 1. The molecule has 0 spiro atoms. The van der Waals surface area contributed by atoms with Crippen molar-refractivity contribution in [2.45, 2.75) is 20.4 Å². The van der Waals surface area contributed by atoms with E-state index in [1.165, 1.54) is 0 Å². The number of piperazine rings is 1. The van der Waals surface area contributed by atoms with Gasteiger partial charge in [-0.3, -0.25) is 9.59 Å². The number of amides is 2. The molecule has 2 amide bonds. The molecule has 1 saturated heterocycles. The fourth-order valence-electron chi connectivity index (χ4n) is 3.15. The molecule has 1 aliphatic rings. The van der Waals surface area contributed by atoms with E-state index in [2.05, 4.69) is 9.97 Å². The van der Waals surface area contributed by atoms with E-state index in [-0.39, 0.29) is 11.8 Å². The predicted octanol–water partition coefficient (Wildman–Crippen LogP) is 1.73. The Morgan fingerprint density at radius 2 is 1.74 bits per heavy atom. The van der Waals surface area contributed by atoms with E-state index in [0.717, 1.165) is 11.3 Å².